The third-order valence-corrected chi connectivity index (χ3v) is 6.22. The highest BCUT2D eigenvalue weighted by atomic mass is 32.1. The van der Waals surface area contributed by atoms with Gasteiger partial charge in [-0.3, -0.25) is 4.79 Å². The van der Waals surface area contributed by atoms with E-state index >= 15 is 0 Å². The van der Waals surface area contributed by atoms with E-state index in [0.29, 0.717) is 10.2 Å². The molecule has 0 aliphatic rings. The number of fused-ring (bicyclic) bond motifs is 1. The van der Waals surface area contributed by atoms with Crippen molar-refractivity contribution in [3.8, 4) is 0 Å². The number of benzene rings is 2. The highest BCUT2D eigenvalue weighted by molar-refractivity contribution is 7.18. The molecule has 0 saturated heterocycles. The number of halogens is 3. The first kappa shape index (κ1) is 20.7. The molecule has 2 aromatic carbocycles. The SMILES string of the molecule is C[Si](C)(C)OC(CC(=O)c1ccccc1)(c1nc2ccccc2s1)C(F)(F)F. The fourth-order valence-electron chi connectivity index (χ4n) is 2.95. The standard InChI is InChI=1S/C20H20F3NO2SSi/c1-28(2,3)26-19(20(21,22)23,13-16(25)14-9-5-4-6-10-14)18-24-15-11-7-8-12-17(15)27-18/h4-12H,13H2,1-3H3. The van der Waals surface area contributed by atoms with Crippen LogP contribution in [0.25, 0.3) is 10.2 Å². The first-order valence-corrected chi connectivity index (χ1v) is 13.0. The summed E-state index contributed by atoms with van der Waals surface area (Å²) in [6.07, 6.45) is -5.64. The third kappa shape index (κ3) is 4.18. The predicted octanol–water partition coefficient (Wildman–Crippen LogP) is 6.18. The third-order valence-electron chi connectivity index (χ3n) is 4.08. The molecule has 3 aromatic rings. The van der Waals surface area contributed by atoms with Gasteiger partial charge in [0, 0.05) is 5.56 Å². The molecule has 0 aliphatic carbocycles. The predicted molar refractivity (Wildman–Crippen MR) is 107 cm³/mol. The highest BCUT2D eigenvalue weighted by Crippen LogP contribution is 2.49. The second-order valence-electron chi connectivity index (χ2n) is 7.49. The molecule has 3 nitrogen and oxygen atoms in total. The maximum atomic E-state index is 14.5. The van der Waals surface area contributed by atoms with Crippen molar-refractivity contribution in [1.29, 1.82) is 0 Å². The quantitative estimate of drug-likeness (QED) is 0.351. The lowest BCUT2D eigenvalue weighted by Crippen LogP contribution is -2.52. The summed E-state index contributed by atoms with van der Waals surface area (Å²) in [5, 5.41) is -0.229. The number of thiazole rings is 1. The van der Waals surface area contributed by atoms with Gasteiger partial charge in [-0.05, 0) is 31.8 Å². The van der Waals surface area contributed by atoms with Crippen molar-refractivity contribution in [2.45, 2.75) is 37.8 Å². The lowest BCUT2D eigenvalue weighted by Gasteiger charge is -2.38. The van der Waals surface area contributed by atoms with Crippen LogP contribution in [0.5, 0.6) is 0 Å². The van der Waals surface area contributed by atoms with Gasteiger partial charge >= 0.3 is 6.18 Å². The molecule has 0 bridgehead atoms. The Bertz CT molecular complexity index is 949. The molecule has 0 radical (unpaired) electrons. The Balaban J connectivity index is 2.17. The number of carbonyl (C=O) groups is 1. The molecule has 1 unspecified atom stereocenters. The lowest BCUT2D eigenvalue weighted by molar-refractivity contribution is -0.256. The maximum absolute atomic E-state index is 14.5. The number of Topliss-reactive ketones (excluding diaryl/α,β-unsaturated/α-hetero) is 1. The van der Waals surface area contributed by atoms with Crippen LogP contribution in [-0.2, 0) is 10.0 Å². The number of ketones is 1. The molecule has 0 fully saturated rings. The van der Waals surface area contributed by atoms with Crippen LogP contribution in [0.15, 0.2) is 54.6 Å². The molecule has 0 spiro atoms. The number of aromatic nitrogens is 1. The molecule has 0 saturated carbocycles. The first-order valence-electron chi connectivity index (χ1n) is 8.73. The number of nitrogens with zero attached hydrogens (tertiary/aromatic N) is 1. The highest BCUT2D eigenvalue weighted by Gasteiger charge is 2.61. The van der Waals surface area contributed by atoms with E-state index in [4.69, 9.17) is 4.43 Å². The van der Waals surface area contributed by atoms with Crippen LogP contribution in [0.2, 0.25) is 19.6 Å². The number of para-hydroxylation sites is 1. The summed E-state index contributed by atoms with van der Waals surface area (Å²) >= 11 is 0.923. The van der Waals surface area contributed by atoms with Crippen molar-refractivity contribution in [3.63, 3.8) is 0 Å². The van der Waals surface area contributed by atoms with E-state index in [2.05, 4.69) is 4.98 Å². The molecular formula is C20H20F3NO2SSi. The van der Waals surface area contributed by atoms with Crippen LogP contribution < -0.4 is 0 Å². The van der Waals surface area contributed by atoms with Gasteiger partial charge in [0.25, 0.3) is 0 Å². The van der Waals surface area contributed by atoms with Crippen molar-refractivity contribution >= 4 is 35.7 Å². The smallest absolute Gasteiger partial charge is 0.398 e. The second-order valence-corrected chi connectivity index (χ2v) is 13.0. The summed E-state index contributed by atoms with van der Waals surface area (Å²) in [4.78, 5) is 17.0. The van der Waals surface area contributed by atoms with Crippen LogP contribution >= 0.6 is 11.3 Å². The number of hydrogen-bond donors (Lipinski definition) is 0. The van der Waals surface area contributed by atoms with E-state index < -0.39 is 32.3 Å². The minimum absolute atomic E-state index is 0.219. The van der Waals surface area contributed by atoms with Gasteiger partial charge in [0.2, 0.25) is 5.60 Å². The largest absolute Gasteiger partial charge is 0.423 e. The summed E-state index contributed by atoms with van der Waals surface area (Å²) in [7, 11) is -2.71. The van der Waals surface area contributed by atoms with Crippen molar-refractivity contribution in [3.05, 3.63) is 65.2 Å². The van der Waals surface area contributed by atoms with Crippen LogP contribution in [0.1, 0.15) is 21.8 Å². The van der Waals surface area contributed by atoms with Crippen molar-refractivity contribution < 1.29 is 22.4 Å². The number of carbonyl (C=O) groups excluding carboxylic acids is 1. The molecule has 1 heterocycles. The molecule has 0 aliphatic heterocycles. The summed E-state index contributed by atoms with van der Waals surface area (Å²) in [5.74, 6) is -0.629. The fourth-order valence-corrected chi connectivity index (χ4v) is 5.47. The Morgan fingerprint density at radius 3 is 2.21 bits per heavy atom. The van der Waals surface area contributed by atoms with E-state index in [1.165, 1.54) is 12.1 Å². The van der Waals surface area contributed by atoms with Gasteiger partial charge in [-0.15, -0.1) is 11.3 Å². The normalized spacial score (nSPS) is 14.8. The van der Waals surface area contributed by atoms with Crippen molar-refractivity contribution in [2.24, 2.45) is 0 Å². The van der Waals surface area contributed by atoms with Gasteiger partial charge in [-0.2, -0.15) is 13.2 Å². The second kappa shape index (κ2) is 7.42. The van der Waals surface area contributed by atoms with Crippen molar-refractivity contribution in [2.75, 3.05) is 0 Å². The Kier molecular flexibility index (Phi) is 5.48. The average molecular weight is 424 g/mol. The Hall–Kier alpha value is -2.03. The Morgan fingerprint density at radius 1 is 1.04 bits per heavy atom. The van der Waals surface area contributed by atoms with Gasteiger partial charge in [0.1, 0.15) is 5.01 Å². The van der Waals surface area contributed by atoms with Crippen LogP contribution in [0.4, 0.5) is 13.2 Å². The van der Waals surface area contributed by atoms with E-state index in [9.17, 15) is 18.0 Å². The van der Waals surface area contributed by atoms with Gasteiger partial charge in [-0.1, -0.05) is 42.5 Å². The topological polar surface area (TPSA) is 39.2 Å². The van der Waals surface area contributed by atoms with Crippen LogP contribution in [0.3, 0.4) is 0 Å². The monoisotopic (exact) mass is 423 g/mol. The Labute approximate surface area is 166 Å². The number of rotatable bonds is 6. The molecule has 3 rings (SSSR count). The zero-order valence-electron chi connectivity index (χ0n) is 15.7. The van der Waals surface area contributed by atoms with Gasteiger partial charge in [-0.25, -0.2) is 4.98 Å². The average Bonchev–Trinajstić information content (AvgIpc) is 3.04. The number of hydrogen-bond acceptors (Lipinski definition) is 4. The van der Waals surface area contributed by atoms with E-state index in [1.807, 2.05) is 0 Å². The van der Waals surface area contributed by atoms with Crippen molar-refractivity contribution in [1.82, 2.24) is 4.98 Å². The zero-order valence-corrected chi connectivity index (χ0v) is 17.5. The van der Waals surface area contributed by atoms with Crippen LogP contribution in [0, 0.1) is 0 Å². The summed E-state index contributed by atoms with van der Waals surface area (Å²) in [6.45, 7) is 5.02. The zero-order chi connectivity index (χ0) is 20.6. The molecular weight excluding hydrogens is 403 g/mol. The summed E-state index contributed by atoms with van der Waals surface area (Å²) in [6, 6.07) is 14.8. The Morgan fingerprint density at radius 2 is 1.64 bits per heavy atom. The van der Waals surface area contributed by atoms with Gasteiger partial charge < -0.3 is 4.43 Å². The molecule has 1 atom stereocenters. The molecule has 1 aromatic heterocycles. The molecule has 8 heteroatoms. The minimum Gasteiger partial charge on any atom is -0.398 e. The van der Waals surface area contributed by atoms with Gasteiger partial charge in [0.15, 0.2) is 14.1 Å². The van der Waals surface area contributed by atoms with Gasteiger partial charge in [0.05, 0.1) is 16.6 Å². The molecule has 0 N–H and O–H groups in total. The van der Waals surface area contributed by atoms with E-state index in [0.717, 1.165) is 11.3 Å². The molecule has 148 valence electrons. The summed E-state index contributed by atoms with van der Waals surface area (Å²) in [5.41, 5.74) is -2.09. The van der Waals surface area contributed by atoms with E-state index in [-0.39, 0.29) is 10.6 Å². The number of alkyl halides is 3. The maximum Gasteiger partial charge on any atom is 0.423 e. The fraction of sp³-hybridized carbons (Fsp3) is 0.300. The van der Waals surface area contributed by atoms with Crippen LogP contribution in [-0.4, -0.2) is 25.3 Å². The minimum atomic E-state index is -4.80. The lowest BCUT2D eigenvalue weighted by atomic mass is 9.93. The van der Waals surface area contributed by atoms with E-state index in [1.54, 1.807) is 62.1 Å². The summed E-state index contributed by atoms with van der Waals surface area (Å²) < 4.78 is 49.9. The molecule has 0 amide bonds. The molecule has 28 heavy (non-hydrogen) atoms. The first-order chi connectivity index (χ1) is 13.0.